The first kappa shape index (κ1) is 15.3. The van der Waals surface area contributed by atoms with E-state index >= 15 is 0 Å². The van der Waals surface area contributed by atoms with Gasteiger partial charge in [-0.05, 0) is 31.5 Å². The normalized spacial score (nSPS) is 10.9. The van der Waals surface area contributed by atoms with Gasteiger partial charge in [-0.15, -0.1) is 0 Å². The first-order chi connectivity index (χ1) is 11.1. The van der Waals surface area contributed by atoms with Crippen LogP contribution in [0.4, 0.5) is 0 Å². The fraction of sp³-hybridized carbons (Fsp3) is 0.263. The standard InChI is InChI=1S/C19H21N3O/c1-4-21(3)19(23)13-22-9-8-17-18(22)11-16(12-20-17)15-7-5-6-14(2)10-15/h5-12H,4,13H2,1-3H3. The van der Waals surface area contributed by atoms with Crippen LogP contribution in [0.2, 0.25) is 0 Å². The van der Waals surface area contributed by atoms with Crippen molar-refractivity contribution in [3.8, 4) is 11.1 Å². The number of carbonyl (C=O) groups is 1. The number of likely N-dealkylation sites (N-methyl/N-ethyl adjacent to an activating group) is 1. The predicted octanol–water partition coefficient (Wildman–Crippen LogP) is 3.49. The summed E-state index contributed by atoms with van der Waals surface area (Å²) in [6, 6.07) is 12.4. The van der Waals surface area contributed by atoms with Gasteiger partial charge in [0, 0.05) is 31.5 Å². The lowest BCUT2D eigenvalue weighted by Crippen LogP contribution is -2.29. The van der Waals surface area contributed by atoms with Gasteiger partial charge in [0.2, 0.25) is 5.91 Å². The summed E-state index contributed by atoms with van der Waals surface area (Å²) >= 11 is 0. The van der Waals surface area contributed by atoms with E-state index in [1.54, 1.807) is 4.90 Å². The van der Waals surface area contributed by atoms with Crippen LogP contribution in [0.15, 0.2) is 48.8 Å². The molecule has 4 heteroatoms. The molecule has 0 unspecified atom stereocenters. The summed E-state index contributed by atoms with van der Waals surface area (Å²) in [5.74, 6) is 0.103. The van der Waals surface area contributed by atoms with E-state index in [1.165, 1.54) is 5.56 Å². The Morgan fingerprint density at radius 3 is 2.78 bits per heavy atom. The molecule has 1 aromatic carbocycles. The molecule has 2 aromatic heterocycles. The number of carbonyl (C=O) groups excluding carboxylic acids is 1. The van der Waals surface area contributed by atoms with Gasteiger partial charge < -0.3 is 9.47 Å². The van der Waals surface area contributed by atoms with Gasteiger partial charge in [0.05, 0.1) is 11.0 Å². The molecule has 4 nitrogen and oxygen atoms in total. The van der Waals surface area contributed by atoms with Gasteiger partial charge in [-0.1, -0.05) is 29.8 Å². The molecule has 0 fully saturated rings. The molecule has 0 spiro atoms. The van der Waals surface area contributed by atoms with Crippen LogP contribution in [-0.2, 0) is 11.3 Å². The maximum atomic E-state index is 12.2. The lowest BCUT2D eigenvalue weighted by atomic mass is 10.1. The molecule has 118 valence electrons. The zero-order chi connectivity index (χ0) is 16.4. The fourth-order valence-electron chi connectivity index (χ4n) is 2.63. The van der Waals surface area contributed by atoms with E-state index in [2.05, 4.69) is 36.2 Å². The number of aromatic nitrogens is 2. The van der Waals surface area contributed by atoms with Gasteiger partial charge in [-0.25, -0.2) is 0 Å². The molecule has 23 heavy (non-hydrogen) atoms. The lowest BCUT2D eigenvalue weighted by molar-refractivity contribution is -0.130. The van der Waals surface area contributed by atoms with Crippen LogP contribution in [0, 0.1) is 6.92 Å². The molecule has 3 rings (SSSR count). The zero-order valence-electron chi connectivity index (χ0n) is 13.8. The summed E-state index contributed by atoms with van der Waals surface area (Å²) < 4.78 is 1.97. The predicted molar refractivity (Wildman–Crippen MR) is 93.2 cm³/mol. The van der Waals surface area contributed by atoms with Gasteiger partial charge in [0.15, 0.2) is 0 Å². The minimum atomic E-state index is 0.103. The van der Waals surface area contributed by atoms with E-state index in [9.17, 15) is 4.79 Å². The number of amides is 1. The van der Waals surface area contributed by atoms with Crippen LogP contribution in [0.1, 0.15) is 12.5 Å². The van der Waals surface area contributed by atoms with Crippen molar-refractivity contribution >= 4 is 16.9 Å². The zero-order valence-corrected chi connectivity index (χ0v) is 13.8. The minimum absolute atomic E-state index is 0.103. The number of fused-ring (bicyclic) bond motifs is 1. The Bertz CT molecular complexity index is 851. The first-order valence-corrected chi connectivity index (χ1v) is 7.84. The topological polar surface area (TPSA) is 38.1 Å². The van der Waals surface area contributed by atoms with Crippen LogP contribution in [-0.4, -0.2) is 34.0 Å². The summed E-state index contributed by atoms with van der Waals surface area (Å²) in [5, 5.41) is 0. The van der Waals surface area contributed by atoms with Crippen LogP contribution < -0.4 is 0 Å². The van der Waals surface area contributed by atoms with E-state index in [0.717, 1.165) is 22.2 Å². The molecule has 0 radical (unpaired) electrons. The second kappa shape index (κ2) is 6.24. The van der Waals surface area contributed by atoms with Crippen molar-refractivity contribution in [1.29, 1.82) is 0 Å². The third kappa shape index (κ3) is 3.11. The second-order valence-corrected chi connectivity index (χ2v) is 5.85. The van der Waals surface area contributed by atoms with E-state index in [4.69, 9.17) is 0 Å². The lowest BCUT2D eigenvalue weighted by Gasteiger charge is -2.15. The molecule has 0 N–H and O–H groups in total. The average Bonchev–Trinajstić information content (AvgIpc) is 2.96. The highest BCUT2D eigenvalue weighted by Crippen LogP contribution is 2.24. The summed E-state index contributed by atoms with van der Waals surface area (Å²) in [6.07, 6.45) is 3.82. The second-order valence-electron chi connectivity index (χ2n) is 5.85. The summed E-state index contributed by atoms with van der Waals surface area (Å²) in [7, 11) is 1.82. The van der Waals surface area contributed by atoms with Crippen molar-refractivity contribution < 1.29 is 4.79 Å². The number of rotatable bonds is 4. The van der Waals surface area contributed by atoms with Crippen LogP contribution in [0.3, 0.4) is 0 Å². The number of nitrogens with zero attached hydrogens (tertiary/aromatic N) is 3. The molecular formula is C19H21N3O. The largest absolute Gasteiger partial charge is 0.344 e. The average molecular weight is 307 g/mol. The maximum Gasteiger partial charge on any atom is 0.242 e. The number of hydrogen-bond donors (Lipinski definition) is 0. The molecule has 0 saturated carbocycles. The Hall–Kier alpha value is -2.62. The first-order valence-electron chi connectivity index (χ1n) is 7.84. The molecule has 1 amide bonds. The van der Waals surface area contributed by atoms with Crippen LogP contribution in [0.25, 0.3) is 22.2 Å². The number of aryl methyl sites for hydroxylation is 1. The third-order valence-corrected chi connectivity index (χ3v) is 4.18. The van der Waals surface area contributed by atoms with Crippen LogP contribution in [0.5, 0.6) is 0 Å². The Morgan fingerprint density at radius 2 is 2.04 bits per heavy atom. The van der Waals surface area contributed by atoms with E-state index in [-0.39, 0.29) is 5.91 Å². The highest BCUT2D eigenvalue weighted by molar-refractivity contribution is 5.84. The van der Waals surface area contributed by atoms with E-state index in [1.807, 2.05) is 43.1 Å². The summed E-state index contributed by atoms with van der Waals surface area (Å²) in [4.78, 5) is 18.4. The highest BCUT2D eigenvalue weighted by Gasteiger charge is 2.11. The third-order valence-electron chi connectivity index (χ3n) is 4.18. The molecule has 0 aliphatic carbocycles. The van der Waals surface area contributed by atoms with Crippen molar-refractivity contribution in [1.82, 2.24) is 14.5 Å². The smallest absolute Gasteiger partial charge is 0.242 e. The molecule has 3 aromatic rings. The van der Waals surface area contributed by atoms with E-state index < -0.39 is 0 Å². The maximum absolute atomic E-state index is 12.2. The fourth-order valence-corrected chi connectivity index (χ4v) is 2.63. The molecule has 0 atom stereocenters. The van der Waals surface area contributed by atoms with Crippen molar-refractivity contribution in [2.24, 2.45) is 0 Å². The minimum Gasteiger partial charge on any atom is -0.344 e. The molecule has 0 bridgehead atoms. The molecule has 0 aliphatic heterocycles. The van der Waals surface area contributed by atoms with Crippen LogP contribution >= 0.6 is 0 Å². The Balaban J connectivity index is 1.98. The molecule has 2 heterocycles. The SMILES string of the molecule is CCN(C)C(=O)Cn1ccc2ncc(-c3cccc(C)c3)cc21. The molecular weight excluding hydrogens is 286 g/mol. The van der Waals surface area contributed by atoms with Gasteiger partial charge in [0.1, 0.15) is 6.54 Å². The quantitative estimate of drug-likeness (QED) is 0.740. The van der Waals surface area contributed by atoms with Crippen molar-refractivity contribution in [2.75, 3.05) is 13.6 Å². The Kier molecular flexibility index (Phi) is 4.15. The summed E-state index contributed by atoms with van der Waals surface area (Å²) in [6.45, 7) is 5.11. The van der Waals surface area contributed by atoms with E-state index in [0.29, 0.717) is 13.1 Å². The monoisotopic (exact) mass is 307 g/mol. The van der Waals surface area contributed by atoms with Gasteiger partial charge in [0.25, 0.3) is 0 Å². The van der Waals surface area contributed by atoms with Crippen molar-refractivity contribution in [2.45, 2.75) is 20.4 Å². The van der Waals surface area contributed by atoms with Gasteiger partial charge in [-0.2, -0.15) is 0 Å². The van der Waals surface area contributed by atoms with Crippen molar-refractivity contribution in [3.63, 3.8) is 0 Å². The number of pyridine rings is 1. The summed E-state index contributed by atoms with van der Waals surface area (Å²) in [5.41, 5.74) is 5.33. The van der Waals surface area contributed by atoms with Crippen molar-refractivity contribution in [3.05, 3.63) is 54.4 Å². The molecule has 0 saturated heterocycles. The molecule has 0 aliphatic rings. The number of benzene rings is 1. The van der Waals surface area contributed by atoms with Gasteiger partial charge >= 0.3 is 0 Å². The Labute approximate surface area is 136 Å². The highest BCUT2D eigenvalue weighted by atomic mass is 16.2. The number of hydrogen-bond acceptors (Lipinski definition) is 2. The Morgan fingerprint density at radius 1 is 1.22 bits per heavy atom. The van der Waals surface area contributed by atoms with Gasteiger partial charge in [-0.3, -0.25) is 9.78 Å².